The predicted octanol–water partition coefficient (Wildman–Crippen LogP) is 5.70. The molecule has 0 fully saturated rings. The molecule has 2 aliphatic rings. The predicted molar refractivity (Wildman–Crippen MR) is 118 cm³/mol. The first kappa shape index (κ1) is 21.6. The van der Waals surface area contributed by atoms with Gasteiger partial charge in [-0.25, -0.2) is 4.79 Å². The summed E-state index contributed by atoms with van der Waals surface area (Å²) in [7, 11) is -0.636. The van der Waals surface area contributed by atoms with E-state index in [0.29, 0.717) is 5.57 Å². The Bertz CT molecular complexity index is 830. The number of hydrogen-bond acceptors (Lipinski definition) is 4. The molecule has 0 saturated heterocycles. The minimum Gasteiger partial charge on any atom is -0.472 e. The Labute approximate surface area is 175 Å². The van der Waals surface area contributed by atoms with Crippen molar-refractivity contribution in [2.75, 3.05) is 7.11 Å². The maximum Gasteiger partial charge on any atom is 0.337 e. The second-order valence-electron chi connectivity index (χ2n) is 9.26. The van der Waals surface area contributed by atoms with Crippen LogP contribution in [-0.4, -0.2) is 27.7 Å². The van der Waals surface area contributed by atoms with Gasteiger partial charge in [0.25, 0.3) is 0 Å². The first-order chi connectivity index (χ1) is 13.6. The lowest BCUT2D eigenvalue weighted by molar-refractivity contribution is -0.140. The Morgan fingerprint density at radius 1 is 1.17 bits per heavy atom. The van der Waals surface area contributed by atoms with Crippen LogP contribution in [-0.2, 0) is 18.7 Å². The van der Waals surface area contributed by atoms with Gasteiger partial charge in [-0.05, 0) is 35.7 Å². The summed E-state index contributed by atoms with van der Waals surface area (Å²) in [5, 5.41) is 0.0700. The summed E-state index contributed by atoms with van der Waals surface area (Å²) in [5.74, 6) is -0.336. The van der Waals surface area contributed by atoms with Crippen LogP contribution in [0.1, 0.15) is 32.8 Å². The fraction of sp³-hybridized carbons (Fsp3) is 0.458. The zero-order chi connectivity index (χ0) is 21.2. The van der Waals surface area contributed by atoms with Crippen LogP contribution in [0.5, 0.6) is 0 Å². The van der Waals surface area contributed by atoms with Crippen LogP contribution in [0.2, 0.25) is 18.1 Å². The van der Waals surface area contributed by atoms with E-state index < -0.39 is 14.6 Å². The van der Waals surface area contributed by atoms with Gasteiger partial charge in [-0.2, -0.15) is 0 Å². The van der Waals surface area contributed by atoms with Gasteiger partial charge < -0.3 is 13.9 Å². The molecule has 3 atom stereocenters. The summed E-state index contributed by atoms with van der Waals surface area (Å²) < 4.78 is 17.7. The van der Waals surface area contributed by atoms with Crippen LogP contribution in [0, 0.1) is 11.8 Å². The Hall–Kier alpha value is -2.11. The molecule has 0 spiro atoms. The lowest BCUT2D eigenvalue weighted by atomic mass is 9.83. The average molecular weight is 413 g/mol. The largest absolute Gasteiger partial charge is 0.472 e. The van der Waals surface area contributed by atoms with Gasteiger partial charge in [-0.3, -0.25) is 0 Å². The lowest BCUT2D eigenvalue weighted by Crippen LogP contribution is -2.48. The normalized spacial score (nSPS) is 24.6. The van der Waals surface area contributed by atoms with Crippen molar-refractivity contribution < 1.29 is 18.7 Å². The molecule has 29 heavy (non-hydrogen) atoms. The number of fused-ring (bicyclic) bond motifs is 1. The number of esters is 1. The third kappa shape index (κ3) is 4.56. The van der Waals surface area contributed by atoms with Crippen LogP contribution in [0.15, 0.2) is 59.9 Å². The van der Waals surface area contributed by atoms with Crippen molar-refractivity contribution in [3.8, 4) is 0 Å². The molecule has 156 valence electrons. The number of allylic oxidation sites excluding steroid dienone is 2. The van der Waals surface area contributed by atoms with E-state index in [1.54, 1.807) is 6.26 Å². The van der Waals surface area contributed by atoms with E-state index >= 15 is 0 Å². The Morgan fingerprint density at radius 3 is 2.48 bits per heavy atom. The zero-order valence-electron chi connectivity index (χ0n) is 18.3. The average Bonchev–Trinajstić information content (AvgIpc) is 3.10. The van der Waals surface area contributed by atoms with Crippen LogP contribution in [0.25, 0.3) is 6.08 Å². The molecular weight excluding hydrogens is 380 g/mol. The standard InChI is InChI=1S/C24H32O4Si/c1-24(2,3)29(5,6)28-23-21-18(13-12-17-10-8-7-9-11-17)14-15-19(21)20(16-27-23)22(25)26-4/h7-14,16,19,21,23H,15H2,1-6H3/t19-,21-,23?/m1/s1. The minimum absolute atomic E-state index is 0.0152. The van der Waals surface area contributed by atoms with E-state index in [0.717, 1.165) is 17.6 Å². The number of rotatable bonds is 5. The van der Waals surface area contributed by atoms with Gasteiger partial charge in [-0.1, -0.05) is 69.3 Å². The lowest BCUT2D eigenvalue weighted by Gasteiger charge is -2.43. The molecule has 5 heteroatoms. The van der Waals surface area contributed by atoms with E-state index in [1.807, 2.05) is 18.2 Å². The quantitative estimate of drug-likeness (QED) is 0.460. The number of carbonyl (C=O) groups is 1. The molecule has 3 rings (SSSR count). The highest BCUT2D eigenvalue weighted by Crippen LogP contribution is 2.47. The van der Waals surface area contributed by atoms with Crippen molar-refractivity contribution in [1.29, 1.82) is 0 Å². The highest BCUT2D eigenvalue weighted by atomic mass is 28.4. The molecule has 1 aliphatic heterocycles. The van der Waals surface area contributed by atoms with Crippen molar-refractivity contribution >= 4 is 20.4 Å². The molecule has 4 nitrogen and oxygen atoms in total. The summed E-state index contributed by atoms with van der Waals surface area (Å²) in [6.07, 6.45) is 8.37. The summed E-state index contributed by atoms with van der Waals surface area (Å²) in [6.45, 7) is 11.1. The number of ether oxygens (including phenoxy) is 2. The van der Waals surface area contributed by atoms with Gasteiger partial charge in [0.2, 0.25) is 0 Å². The molecule has 1 heterocycles. The maximum atomic E-state index is 12.3. The Morgan fingerprint density at radius 2 is 1.86 bits per heavy atom. The van der Waals surface area contributed by atoms with Crippen molar-refractivity contribution in [2.45, 2.75) is 51.6 Å². The molecule has 1 aromatic rings. The molecule has 0 bridgehead atoms. The second-order valence-corrected chi connectivity index (χ2v) is 14.0. The van der Waals surface area contributed by atoms with E-state index in [-0.39, 0.29) is 22.8 Å². The SMILES string of the molecule is COC(=O)C1=COC(O[Si](C)(C)C(C)(C)C)[C@@H]2C(C=Cc3ccccc3)=CC[C@H]12. The van der Waals surface area contributed by atoms with E-state index in [4.69, 9.17) is 13.9 Å². The third-order valence-corrected chi connectivity index (χ3v) is 10.8. The van der Waals surface area contributed by atoms with Gasteiger partial charge >= 0.3 is 5.97 Å². The molecule has 1 unspecified atom stereocenters. The molecule has 0 N–H and O–H groups in total. The summed E-state index contributed by atoms with van der Waals surface area (Å²) >= 11 is 0. The highest BCUT2D eigenvalue weighted by Gasteiger charge is 2.48. The van der Waals surface area contributed by atoms with Crippen molar-refractivity contribution in [3.63, 3.8) is 0 Å². The molecule has 1 aliphatic carbocycles. The fourth-order valence-electron chi connectivity index (χ4n) is 3.58. The Balaban J connectivity index is 1.90. The van der Waals surface area contributed by atoms with E-state index in [2.05, 4.69) is 64.2 Å². The number of benzene rings is 1. The topological polar surface area (TPSA) is 44.8 Å². The summed E-state index contributed by atoms with van der Waals surface area (Å²) in [6, 6.07) is 10.2. The Kier molecular flexibility index (Phi) is 6.20. The van der Waals surface area contributed by atoms with Gasteiger partial charge in [-0.15, -0.1) is 0 Å². The van der Waals surface area contributed by atoms with Gasteiger partial charge in [0.05, 0.1) is 24.9 Å². The van der Waals surface area contributed by atoms with E-state index in [1.165, 1.54) is 7.11 Å². The number of methoxy groups -OCH3 is 1. The van der Waals surface area contributed by atoms with Gasteiger partial charge in [0, 0.05) is 5.92 Å². The highest BCUT2D eigenvalue weighted by molar-refractivity contribution is 6.74. The van der Waals surface area contributed by atoms with Crippen molar-refractivity contribution in [3.05, 3.63) is 65.5 Å². The van der Waals surface area contributed by atoms with Gasteiger partial charge in [0.1, 0.15) is 0 Å². The van der Waals surface area contributed by atoms with Crippen LogP contribution in [0.3, 0.4) is 0 Å². The molecular formula is C24H32O4Si. The molecule has 0 saturated carbocycles. The van der Waals surface area contributed by atoms with Crippen molar-refractivity contribution in [1.82, 2.24) is 0 Å². The fourth-order valence-corrected chi connectivity index (χ4v) is 4.72. The van der Waals surface area contributed by atoms with Crippen LogP contribution in [0.4, 0.5) is 0 Å². The zero-order valence-corrected chi connectivity index (χ0v) is 19.3. The van der Waals surface area contributed by atoms with E-state index in [9.17, 15) is 4.79 Å². The van der Waals surface area contributed by atoms with Crippen LogP contribution >= 0.6 is 0 Å². The maximum absolute atomic E-state index is 12.3. The minimum atomic E-state index is -2.05. The van der Waals surface area contributed by atoms with Crippen LogP contribution < -0.4 is 0 Å². The molecule has 0 aromatic heterocycles. The molecule has 0 amide bonds. The van der Waals surface area contributed by atoms with Gasteiger partial charge in [0.15, 0.2) is 14.6 Å². The smallest absolute Gasteiger partial charge is 0.337 e. The molecule has 0 radical (unpaired) electrons. The number of carbonyl (C=O) groups excluding carboxylic acids is 1. The second kappa shape index (κ2) is 8.32. The summed E-state index contributed by atoms with van der Waals surface area (Å²) in [5.41, 5.74) is 2.88. The van der Waals surface area contributed by atoms with Crippen molar-refractivity contribution in [2.24, 2.45) is 11.8 Å². The molecule has 1 aromatic carbocycles. The third-order valence-electron chi connectivity index (χ3n) is 6.35. The number of hydrogen-bond donors (Lipinski definition) is 0. The first-order valence-electron chi connectivity index (χ1n) is 10.2. The first-order valence-corrected chi connectivity index (χ1v) is 13.1. The summed E-state index contributed by atoms with van der Waals surface area (Å²) in [4.78, 5) is 12.3. The monoisotopic (exact) mass is 412 g/mol.